The molecule has 0 atom stereocenters. The zero-order valence-corrected chi connectivity index (χ0v) is 18.9. The lowest BCUT2D eigenvalue weighted by molar-refractivity contribution is 0.261. The van der Waals surface area contributed by atoms with Crippen molar-refractivity contribution in [3.05, 3.63) is 53.6 Å². The highest BCUT2D eigenvalue weighted by Crippen LogP contribution is 2.33. The molecule has 4 aromatic rings. The SMILES string of the molecule is N#Cc1c2n(c3c(N4CCN(CCc5c[nH]c6ccccc56)CC4)ncnc13)CCCCC2. The highest BCUT2D eigenvalue weighted by atomic mass is 15.3. The lowest BCUT2D eigenvalue weighted by Crippen LogP contribution is -2.47. The van der Waals surface area contributed by atoms with Crippen molar-refractivity contribution < 1.29 is 0 Å². The number of hydrogen-bond acceptors (Lipinski definition) is 5. The number of H-pyrrole nitrogens is 1. The van der Waals surface area contributed by atoms with E-state index >= 15 is 0 Å². The Hall–Kier alpha value is -3.37. The van der Waals surface area contributed by atoms with Crippen LogP contribution in [0.4, 0.5) is 5.82 Å². The van der Waals surface area contributed by atoms with Crippen LogP contribution in [0.2, 0.25) is 0 Å². The summed E-state index contributed by atoms with van der Waals surface area (Å²) in [6.45, 7) is 5.95. The Morgan fingerprint density at radius 1 is 1.00 bits per heavy atom. The van der Waals surface area contributed by atoms with E-state index in [4.69, 9.17) is 4.98 Å². The standard InChI is InChI=1S/C26H29N7/c27-16-21-23-8-2-1-5-10-33(23)25-24(21)29-18-30-26(25)32-14-12-31(13-15-32)11-9-19-17-28-22-7-4-3-6-20(19)22/h3-4,6-7,17-18,28H,1-2,5,8-15H2. The molecule has 2 aliphatic rings. The van der Waals surface area contributed by atoms with E-state index in [1.165, 1.54) is 22.9 Å². The molecule has 0 bridgehead atoms. The zero-order valence-electron chi connectivity index (χ0n) is 18.9. The van der Waals surface area contributed by atoms with Gasteiger partial charge in [-0.3, -0.25) is 4.90 Å². The van der Waals surface area contributed by atoms with Gasteiger partial charge in [-0.1, -0.05) is 24.6 Å². The normalized spacial score (nSPS) is 17.2. The van der Waals surface area contributed by atoms with Gasteiger partial charge in [0.25, 0.3) is 0 Å². The number of benzene rings is 1. The van der Waals surface area contributed by atoms with Crippen LogP contribution in [0.25, 0.3) is 21.9 Å². The van der Waals surface area contributed by atoms with Crippen molar-refractivity contribution in [3.8, 4) is 6.07 Å². The molecule has 0 amide bonds. The van der Waals surface area contributed by atoms with E-state index in [2.05, 4.69) is 60.9 Å². The molecule has 0 saturated carbocycles. The van der Waals surface area contributed by atoms with Crippen LogP contribution >= 0.6 is 0 Å². The highest BCUT2D eigenvalue weighted by molar-refractivity contribution is 5.92. The van der Waals surface area contributed by atoms with Crippen molar-refractivity contribution in [2.45, 2.75) is 38.6 Å². The maximum Gasteiger partial charge on any atom is 0.156 e. The number of anilines is 1. The molecule has 7 heteroatoms. The minimum atomic E-state index is 0.757. The van der Waals surface area contributed by atoms with Gasteiger partial charge in [-0.05, 0) is 37.3 Å². The summed E-state index contributed by atoms with van der Waals surface area (Å²) < 4.78 is 2.35. The molecular formula is C26H29N7. The predicted molar refractivity (Wildman–Crippen MR) is 130 cm³/mol. The average Bonchev–Trinajstić information content (AvgIpc) is 3.31. The largest absolute Gasteiger partial charge is 0.361 e. The Balaban J connectivity index is 1.20. The molecule has 2 aliphatic heterocycles. The van der Waals surface area contributed by atoms with Crippen molar-refractivity contribution in [1.82, 2.24) is 24.4 Å². The highest BCUT2D eigenvalue weighted by Gasteiger charge is 2.26. The molecule has 0 aliphatic carbocycles. The summed E-state index contributed by atoms with van der Waals surface area (Å²) in [5.41, 5.74) is 6.43. The molecule has 1 fully saturated rings. The Labute approximate surface area is 193 Å². The second kappa shape index (κ2) is 8.53. The number of aromatic amines is 1. The van der Waals surface area contributed by atoms with E-state index in [9.17, 15) is 5.26 Å². The van der Waals surface area contributed by atoms with Crippen molar-refractivity contribution in [3.63, 3.8) is 0 Å². The maximum absolute atomic E-state index is 9.87. The summed E-state index contributed by atoms with van der Waals surface area (Å²) in [4.78, 5) is 17.6. The first kappa shape index (κ1) is 20.3. The summed E-state index contributed by atoms with van der Waals surface area (Å²) in [7, 11) is 0. The van der Waals surface area contributed by atoms with Crippen molar-refractivity contribution in [2.75, 3.05) is 37.6 Å². The molecule has 0 unspecified atom stereocenters. The summed E-state index contributed by atoms with van der Waals surface area (Å²) in [5, 5.41) is 11.2. The third kappa shape index (κ3) is 3.55. The second-order valence-electron chi connectivity index (χ2n) is 9.23. The minimum absolute atomic E-state index is 0.757. The quantitative estimate of drug-likeness (QED) is 0.522. The van der Waals surface area contributed by atoms with Crippen LogP contribution in [0.3, 0.4) is 0 Å². The van der Waals surface area contributed by atoms with Gasteiger partial charge in [0.1, 0.15) is 23.4 Å². The summed E-state index contributed by atoms with van der Waals surface area (Å²) in [6, 6.07) is 11.0. The number of fused-ring (bicyclic) bond motifs is 4. The molecule has 0 radical (unpaired) electrons. The molecule has 1 saturated heterocycles. The molecule has 33 heavy (non-hydrogen) atoms. The molecular weight excluding hydrogens is 410 g/mol. The third-order valence-electron chi connectivity index (χ3n) is 7.38. The van der Waals surface area contributed by atoms with Crippen LogP contribution in [0.15, 0.2) is 36.8 Å². The molecule has 5 heterocycles. The van der Waals surface area contributed by atoms with E-state index < -0.39 is 0 Å². The third-order valence-corrected chi connectivity index (χ3v) is 7.38. The molecule has 1 aromatic carbocycles. The average molecular weight is 440 g/mol. The first-order valence-corrected chi connectivity index (χ1v) is 12.1. The number of para-hydroxylation sites is 1. The van der Waals surface area contributed by atoms with Gasteiger partial charge in [0.2, 0.25) is 0 Å². The van der Waals surface area contributed by atoms with Crippen LogP contribution < -0.4 is 4.90 Å². The van der Waals surface area contributed by atoms with Crippen LogP contribution in [0, 0.1) is 11.3 Å². The van der Waals surface area contributed by atoms with Crippen molar-refractivity contribution >= 4 is 27.8 Å². The maximum atomic E-state index is 9.87. The van der Waals surface area contributed by atoms with Crippen LogP contribution in [-0.4, -0.2) is 57.1 Å². The molecule has 0 spiro atoms. The van der Waals surface area contributed by atoms with Gasteiger partial charge in [0.05, 0.1) is 5.56 Å². The van der Waals surface area contributed by atoms with E-state index in [0.717, 1.165) is 93.1 Å². The number of piperazine rings is 1. The minimum Gasteiger partial charge on any atom is -0.361 e. The number of nitriles is 1. The Morgan fingerprint density at radius 2 is 1.88 bits per heavy atom. The number of aromatic nitrogens is 4. The lowest BCUT2D eigenvalue weighted by Gasteiger charge is -2.35. The summed E-state index contributed by atoms with van der Waals surface area (Å²) in [6.07, 6.45) is 9.32. The molecule has 3 aromatic heterocycles. The molecule has 6 rings (SSSR count). The monoisotopic (exact) mass is 439 g/mol. The fraction of sp³-hybridized carbons (Fsp3) is 0.423. The van der Waals surface area contributed by atoms with Crippen LogP contribution in [0.1, 0.15) is 36.1 Å². The number of hydrogen-bond donors (Lipinski definition) is 1. The number of aryl methyl sites for hydroxylation is 1. The first-order chi connectivity index (χ1) is 16.3. The van der Waals surface area contributed by atoms with Gasteiger partial charge in [0.15, 0.2) is 5.82 Å². The van der Waals surface area contributed by atoms with E-state index in [-0.39, 0.29) is 0 Å². The zero-order chi connectivity index (χ0) is 22.2. The molecule has 168 valence electrons. The van der Waals surface area contributed by atoms with Gasteiger partial charge in [-0.2, -0.15) is 5.26 Å². The van der Waals surface area contributed by atoms with Crippen molar-refractivity contribution in [1.29, 1.82) is 5.26 Å². The lowest BCUT2D eigenvalue weighted by atomic mass is 10.1. The molecule has 7 nitrogen and oxygen atoms in total. The first-order valence-electron chi connectivity index (χ1n) is 12.1. The van der Waals surface area contributed by atoms with Crippen LogP contribution in [-0.2, 0) is 19.4 Å². The van der Waals surface area contributed by atoms with Gasteiger partial charge in [-0.25, -0.2) is 9.97 Å². The fourth-order valence-electron chi connectivity index (χ4n) is 5.60. The summed E-state index contributed by atoms with van der Waals surface area (Å²) >= 11 is 0. The van der Waals surface area contributed by atoms with E-state index in [0.29, 0.717) is 0 Å². The number of nitrogens with zero attached hydrogens (tertiary/aromatic N) is 6. The van der Waals surface area contributed by atoms with Gasteiger partial charge in [-0.15, -0.1) is 0 Å². The number of nitrogens with one attached hydrogen (secondary N) is 1. The Bertz CT molecular complexity index is 1330. The van der Waals surface area contributed by atoms with E-state index in [1.54, 1.807) is 6.33 Å². The van der Waals surface area contributed by atoms with Crippen LogP contribution in [0.5, 0.6) is 0 Å². The topological polar surface area (TPSA) is 76.8 Å². The van der Waals surface area contributed by atoms with Gasteiger partial charge >= 0.3 is 0 Å². The van der Waals surface area contributed by atoms with E-state index in [1.807, 2.05) is 0 Å². The van der Waals surface area contributed by atoms with Gasteiger partial charge in [0, 0.05) is 62.1 Å². The molecule has 1 N–H and O–H groups in total. The Morgan fingerprint density at radius 3 is 2.76 bits per heavy atom. The second-order valence-corrected chi connectivity index (χ2v) is 9.23. The smallest absolute Gasteiger partial charge is 0.156 e. The fourth-order valence-corrected chi connectivity index (χ4v) is 5.60. The predicted octanol–water partition coefficient (Wildman–Crippen LogP) is 3.88. The van der Waals surface area contributed by atoms with Gasteiger partial charge < -0.3 is 14.5 Å². The summed E-state index contributed by atoms with van der Waals surface area (Å²) in [5.74, 6) is 1.00. The number of rotatable bonds is 4. The van der Waals surface area contributed by atoms with Crippen molar-refractivity contribution in [2.24, 2.45) is 0 Å². The Kier molecular flexibility index (Phi) is 5.23.